The highest BCUT2D eigenvalue weighted by Crippen LogP contribution is 2.31. The first kappa shape index (κ1) is 20.8. The molecule has 2 unspecified atom stereocenters. The first-order chi connectivity index (χ1) is 13.8. The lowest BCUT2D eigenvalue weighted by Gasteiger charge is -2.45. The van der Waals surface area contributed by atoms with Crippen molar-refractivity contribution in [3.63, 3.8) is 0 Å². The molecule has 4 rings (SSSR count). The van der Waals surface area contributed by atoms with Crippen molar-refractivity contribution < 1.29 is 22.3 Å². The van der Waals surface area contributed by atoms with Crippen LogP contribution in [0.2, 0.25) is 5.02 Å². The number of hydrogen-bond acceptors (Lipinski definition) is 5. The summed E-state index contributed by atoms with van der Waals surface area (Å²) in [7, 11) is -4.06. The molecule has 1 amide bonds. The van der Waals surface area contributed by atoms with Gasteiger partial charge >= 0.3 is 10.2 Å². The Hall–Kier alpha value is -1.42. The van der Waals surface area contributed by atoms with E-state index in [-0.39, 0.29) is 16.8 Å². The fraction of sp³-hybridized carbons (Fsp3) is 0.632. The Morgan fingerprint density at radius 3 is 2.72 bits per heavy atom. The van der Waals surface area contributed by atoms with Gasteiger partial charge in [-0.25, -0.2) is 9.11 Å². The van der Waals surface area contributed by atoms with Crippen molar-refractivity contribution in [2.24, 2.45) is 11.8 Å². The third kappa shape index (κ3) is 4.52. The van der Waals surface area contributed by atoms with Gasteiger partial charge in [-0.1, -0.05) is 24.4 Å². The first-order valence-electron chi connectivity index (χ1n) is 10.0. The lowest BCUT2D eigenvalue weighted by Crippen LogP contribution is -2.64. The van der Waals surface area contributed by atoms with Crippen molar-refractivity contribution in [2.75, 3.05) is 26.2 Å². The molecule has 1 aliphatic carbocycles. The van der Waals surface area contributed by atoms with Gasteiger partial charge in [0.2, 0.25) is 0 Å². The molecule has 0 aromatic heterocycles. The maximum Gasteiger partial charge on any atom is 0.304 e. The van der Waals surface area contributed by atoms with Crippen molar-refractivity contribution in [1.82, 2.24) is 14.3 Å². The zero-order valence-electron chi connectivity index (χ0n) is 16.0. The maximum absolute atomic E-state index is 14.5. The van der Waals surface area contributed by atoms with Gasteiger partial charge in [-0.3, -0.25) is 4.79 Å². The number of ether oxygens (including phenoxy) is 1. The highest BCUT2D eigenvalue weighted by atomic mass is 35.5. The summed E-state index contributed by atoms with van der Waals surface area (Å²) in [6.07, 6.45) is 5.22. The van der Waals surface area contributed by atoms with Crippen LogP contribution in [-0.2, 0) is 10.2 Å². The molecule has 2 saturated heterocycles. The van der Waals surface area contributed by atoms with Gasteiger partial charge in [0, 0.05) is 25.2 Å². The van der Waals surface area contributed by atoms with Gasteiger partial charge in [0.25, 0.3) is 5.91 Å². The Labute approximate surface area is 175 Å². The van der Waals surface area contributed by atoms with Crippen LogP contribution in [0.15, 0.2) is 12.1 Å². The van der Waals surface area contributed by atoms with E-state index in [2.05, 4.69) is 5.32 Å². The van der Waals surface area contributed by atoms with Crippen molar-refractivity contribution in [3.8, 4) is 5.75 Å². The minimum Gasteiger partial charge on any atom is -0.492 e. The number of hydrogen-bond donors (Lipinski definition) is 2. The van der Waals surface area contributed by atoms with Crippen molar-refractivity contribution >= 4 is 27.7 Å². The summed E-state index contributed by atoms with van der Waals surface area (Å²) in [5, 5.41) is 3.25. The van der Waals surface area contributed by atoms with Crippen molar-refractivity contribution in [2.45, 2.75) is 38.1 Å². The molecular weight excluding hydrogens is 421 g/mol. The van der Waals surface area contributed by atoms with E-state index in [1.165, 1.54) is 4.31 Å². The molecule has 3 aliphatic rings. The van der Waals surface area contributed by atoms with Gasteiger partial charge in [0.15, 0.2) is 0 Å². The van der Waals surface area contributed by atoms with Crippen LogP contribution in [-0.4, -0.2) is 50.9 Å². The summed E-state index contributed by atoms with van der Waals surface area (Å²) in [4.78, 5) is 12.4. The number of amides is 1. The number of piperidine rings is 1. The van der Waals surface area contributed by atoms with Crippen molar-refractivity contribution in [1.29, 1.82) is 0 Å². The minimum absolute atomic E-state index is 0.0754. The third-order valence-corrected chi connectivity index (χ3v) is 7.89. The molecule has 0 spiro atoms. The zero-order chi connectivity index (χ0) is 20.6. The molecule has 7 nitrogen and oxygen atoms in total. The number of halogens is 2. The van der Waals surface area contributed by atoms with Crippen LogP contribution in [0, 0.1) is 17.7 Å². The largest absolute Gasteiger partial charge is 0.492 e. The second kappa shape index (κ2) is 8.37. The standard InChI is InChI=1S/C19H25ClFN3O4S/c20-15-7-14(16(21)8-18(15)28-11-12-3-1-2-4-12)19(25)23-29(26,27)24-6-5-13-9-22-17(13)10-24/h7-8,12-13,17,22H,1-6,9-11H2,(H,23,25). The predicted octanol–water partition coefficient (Wildman–Crippen LogP) is 2.32. The molecule has 1 saturated carbocycles. The molecule has 2 atom stereocenters. The fourth-order valence-corrected chi connectivity index (χ4v) is 5.64. The second-order valence-corrected chi connectivity index (χ2v) is 10.2. The van der Waals surface area contributed by atoms with Crippen LogP contribution in [0.1, 0.15) is 42.5 Å². The lowest BCUT2D eigenvalue weighted by atomic mass is 9.86. The molecule has 2 N–H and O–H groups in total. The van der Waals surface area contributed by atoms with Gasteiger partial charge in [0.05, 0.1) is 17.2 Å². The lowest BCUT2D eigenvalue weighted by molar-refractivity contribution is 0.0968. The van der Waals surface area contributed by atoms with Crippen LogP contribution < -0.4 is 14.8 Å². The SMILES string of the molecule is O=C(NS(=O)(=O)N1CCC2CNC2C1)c1cc(Cl)c(OCC2CCCC2)cc1F. The fourth-order valence-electron chi connectivity index (χ4n) is 4.24. The molecule has 0 radical (unpaired) electrons. The first-order valence-corrected chi connectivity index (χ1v) is 11.8. The Balaban J connectivity index is 1.41. The highest BCUT2D eigenvalue weighted by molar-refractivity contribution is 7.87. The van der Waals surface area contributed by atoms with E-state index in [1.807, 2.05) is 4.72 Å². The molecular formula is C19H25ClFN3O4S. The number of carbonyl (C=O) groups excluding carboxylic acids is 1. The Morgan fingerprint density at radius 1 is 1.31 bits per heavy atom. The normalized spacial score (nSPS) is 25.3. The van der Waals surface area contributed by atoms with Crippen LogP contribution in [0.5, 0.6) is 5.75 Å². The molecule has 160 valence electrons. The number of rotatable bonds is 6. The van der Waals surface area contributed by atoms with Gasteiger partial charge in [0.1, 0.15) is 11.6 Å². The monoisotopic (exact) mass is 445 g/mol. The van der Waals surface area contributed by atoms with Gasteiger partial charge < -0.3 is 10.1 Å². The summed E-state index contributed by atoms with van der Waals surface area (Å²) >= 11 is 6.15. The Morgan fingerprint density at radius 2 is 2.07 bits per heavy atom. The molecule has 2 heterocycles. The van der Waals surface area contributed by atoms with Crippen LogP contribution in [0.4, 0.5) is 4.39 Å². The average Bonchev–Trinajstić information content (AvgIpc) is 3.16. The Kier molecular flexibility index (Phi) is 6.02. The van der Waals surface area contributed by atoms with Crippen LogP contribution >= 0.6 is 11.6 Å². The predicted molar refractivity (Wildman–Crippen MR) is 107 cm³/mol. The van der Waals surface area contributed by atoms with E-state index in [4.69, 9.17) is 16.3 Å². The molecule has 0 bridgehead atoms. The van der Waals surface area contributed by atoms with Crippen LogP contribution in [0.25, 0.3) is 0 Å². The molecule has 1 aromatic carbocycles. The zero-order valence-corrected chi connectivity index (χ0v) is 17.6. The number of nitrogens with one attached hydrogen (secondary N) is 2. The molecule has 2 aliphatic heterocycles. The van der Waals surface area contributed by atoms with E-state index in [0.29, 0.717) is 31.5 Å². The van der Waals surface area contributed by atoms with E-state index in [0.717, 1.165) is 50.8 Å². The summed E-state index contributed by atoms with van der Waals surface area (Å²) in [6, 6.07) is 2.27. The summed E-state index contributed by atoms with van der Waals surface area (Å²) in [5.41, 5.74) is -0.427. The van der Waals surface area contributed by atoms with E-state index < -0.39 is 27.5 Å². The van der Waals surface area contributed by atoms with Crippen molar-refractivity contribution in [3.05, 3.63) is 28.5 Å². The van der Waals surface area contributed by atoms with E-state index in [9.17, 15) is 17.6 Å². The number of fused-ring (bicyclic) bond motifs is 1. The van der Waals surface area contributed by atoms with E-state index >= 15 is 0 Å². The molecule has 3 fully saturated rings. The van der Waals surface area contributed by atoms with E-state index in [1.54, 1.807) is 0 Å². The average molecular weight is 446 g/mol. The topological polar surface area (TPSA) is 87.7 Å². The maximum atomic E-state index is 14.5. The third-order valence-electron chi connectivity index (χ3n) is 6.14. The molecule has 29 heavy (non-hydrogen) atoms. The highest BCUT2D eigenvalue weighted by Gasteiger charge is 2.40. The van der Waals surface area contributed by atoms with Gasteiger partial charge in [-0.05, 0) is 43.7 Å². The number of nitrogens with zero attached hydrogens (tertiary/aromatic N) is 1. The Bertz CT molecular complexity index is 892. The summed E-state index contributed by atoms with van der Waals surface area (Å²) < 4.78 is 48.4. The van der Waals surface area contributed by atoms with Gasteiger partial charge in [-0.2, -0.15) is 12.7 Å². The number of benzene rings is 1. The van der Waals surface area contributed by atoms with Gasteiger partial charge in [-0.15, -0.1) is 0 Å². The summed E-state index contributed by atoms with van der Waals surface area (Å²) in [5.74, 6) is -0.853. The quantitative estimate of drug-likeness (QED) is 0.701. The summed E-state index contributed by atoms with van der Waals surface area (Å²) in [6.45, 7) is 1.97. The molecule has 1 aromatic rings. The smallest absolute Gasteiger partial charge is 0.304 e. The second-order valence-electron chi connectivity index (χ2n) is 8.08. The number of carbonyl (C=O) groups is 1. The molecule has 10 heteroatoms. The minimum atomic E-state index is -4.06. The van der Waals surface area contributed by atoms with Crippen LogP contribution in [0.3, 0.4) is 0 Å².